The third-order valence-electron chi connectivity index (χ3n) is 1.75. The van der Waals surface area contributed by atoms with E-state index in [1.165, 1.54) is 24.2 Å². The van der Waals surface area contributed by atoms with Crippen LogP contribution in [0.2, 0.25) is 0 Å². The van der Waals surface area contributed by atoms with Crippen LogP contribution in [0.1, 0.15) is 12.1 Å². The third kappa shape index (κ3) is 0.707. The van der Waals surface area contributed by atoms with Crippen molar-refractivity contribution in [1.29, 1.82) is 0 Å². The molecule has 0 aromatic carbocycles. The van der Waals surface area contributed by atoms with Crippen molar-refractivity contribution in [2.45, 2.75) is 12.8 Å². The predicted octanol–water partition coefficient (Wildman–Crippen LogP) is 1.37. The molecule has 2 nitrogen and oxygen atoms in total. The maximum atomic E-state index is 3.31. The highest BCUT2D eigenvalue weighted by molar-refractivity contribution is 5.49. The normalized spacial score (nSPS) is 16.4. The van der Waals surface area contributed by atoms with Gasteiger partial charge in [0.15, 0.2) is 0 Å². The quantitative estimate of drug-likeness (QED) is 0.534. The van der Waals surface area contributed by atoms with Crippen LogP contribution in [0.5, 0.6) is 0 Å². The van der Waals surface area contributed by atoms with Gasteiger partial charge in [-0.2, -0.15) is 0 Å². The fourth-order valence-electron chi connectivity index (χ4n) is 1.26. The number of hydrogen-bond donors (Lipinski definition) is 2. The summed E-state index contributed by atoms with van der Waals surface area (Å²) < 4.78 is 0. The summed E-state index contributed by atoms with van der Waals surface area (Å²) in [5.74, 6) is 0. The third-order valence-corrected chi connectivity index (χ3v) is 1.75. The summed E-state index contributed by atoms with van der Waals surface area (Å²) in [6.45, 7) is 1.13. The summed E-state index contributed by atoms with van der Waals surface area (Å²) >= 11 is 0. The number of H-pyrrole nitrogens is 1. The Morgan fingerprint density at radius 3 is 3.33 bits per heavy atom. The number of fused-ring (bicyclic) bond motifs is 1. The van der Waals surface area contributed by atoms with Gasteiger partial charge in [-0.25, -0.2) is 0 Å². The standard InChI is InChI=1S/C7H10N2/c1-2-6-7(8-4-1)3-5-9-6/h3,5,8-9H,1-2,4H2. The summed E-state index contributed by atoms with van der Waals surface area (Å²) in [4.78, 5) is 3.20. The van der Waals surface area contributed by atoms with Crippen LogP contribution in [0.25, 0.3) is 0 Å². The van der Waals surface area contributed by atoms with Crippen LogP contribution in [0.3, 0.4) is 0 Å². The van der Waals surface area contributed by atoms with Gasteiger partial charge in [-0.3, -0.25) is 0 Å². The van der Waals surface area contributed by atoms with Gasteiger partial charge in [-0.05, 0) is 18.9 Å². The van der Waals surface area contributed by atoms with E-state index in [-0.39, 0.29) is 0 Å². The number of hydrogen-bond acceptors (Lipinski definition) is 1. The van der Waals surface area contributed by atoms with Crippen molar-refractivity contribution in [2.24, 2.45) is 0 Å². The van der Waals surface area contributed by atoms with Crippen LogP contribution in [-0.4, -0.2) is 11.5 Å². The first-order valence-corrected chi connectivity index (χ1v) is 3.37. The Bertz CT molecular complexity index is 182. The van der Waals surface area contributed by atoms with Gasteiger partial charge in [0, 0.05) is 18.4 Å². The molecule has 2 heterocycles. The van der Waals surface area contributed by atoms with Crippen molar-refractivity contribution >= 4 is 5.69 Å². The van der Waals surface area contributed by atoms with Crippen molar-refractivity contribution in [3.63, 3.8) is 0 Å². The summed E-state index contributed by atoms with van der Waals surface area (Å²) in [7, 11) is 0. The summed E-state index contributed by atoms with van der Waals surface area (Å²) in [5.41, 5.74) is 2.66. The van der Waals surface area contributed by atoms with Crippen LogP contribution in [-0.2, 0) is 6.42 Å². The van der Waals surface area contributed by atoms with Gasteiger partial charge in [-0.1, -0.05) is 0 Å². The molecule has 1 aromatic rings. The lowest BCUT2D eigenvalue weighted by Gasteiger charge is -2.12. The van der Waals surface area contributed by atoms with E-state index >= 15 is 0 Å². The molecule has 9 heavy (non-hydrogen) atoms. The van der Waals surface area contributed by atoms with Gasteiger partial charge >= 0.3 is 0 Å². The van der Waals surface area contributed by atoms with E-state index in [2.05, 4.69) is 16.4 Å². The van der Waals surface area contributed by atoms with E-state index in [9.17, 15) is 0 Å². The van der Waals surface area contributed by atoms with Crippen molar-refractivity contribution in [3.8, 4) is 0 Å². The highest BCUT2D eigenvalue weighted by Gasteiger charge is 2.06. The van der Waals surface area contributed by atoms with Gasteiger partial charge in [0.25, 0.3) is 0 Å². The van der Waals surface area contributed by atoms with E-state index in [1.807, 2.05) is 6.20 Å². The highest BCUT2D eigenvalue weighted by Crippen LogP contribution is 2.18. The lowest BCUT2D eigenvalue weighted by molar-refractivity contribution is 0.812. The Labute approximate surface area is 54.3 Å². The molecule has 48 valence electrons. The molecule has 2 heteroatoms. The Hall–Kier alpha value is -0.920. The second-order valence-corrected chi connectivity index (χ2v) is 2.40. The molecule has 1 aliphatic heterocycles. The van der Waals surface area contributed by atoms with Gasteiger partial charge < -0.3 is 10.3 Å². The molecule has 2 rings (SSSR count). The molecule has 0 saturated heterocycles. The van der Waals surface area contributed by atoms with Crippen LogP contribution in [0.4, 0.5) is 5.69 Å². The zero-order valence-corrected chi connectivity index (χ0v) is 5.28. The average Bonchev–Trinajstić information content (AvgIpc) is 2.33. The van der Waals surface area contributed by atoms with Crippen LogP contribution >= 0.6 is 0 Å². The highest BCUT2D eigenvalue weighted by atomic mass is 14.9. The topological polar surface area (TPSA) is 27.8 Å². The summed E-state index contributed by atoms with van der Waals surface area (Å²) in [5, 5.41) is 3.31. The smallest absolute Gasteiger partial charge is 0.0550 e. The fourth-order valence-corrected chi connectivity index (χ4v) is 1.26. The minimum atomic E-state index is 1.13. The number of aromatic nitrogens is 1. The van der Waals surface area contributed by atoms with Crippen LogP contribution in [0.15, 0.2) is 12.3 Å². The molecule has 2 N–H and O–H groups in total. The van der Waals surface area contributed by atoms with Crippen molar-refractivity contribution in [3.05, 3.63) is 18.0 Å². The Morgan fingerprint density at radius 1 is 1.44 bits per heavy atom. The summed E-state index contributed by atoms with van der Waals surface area (Å²) in [6.07, 6.45) is 4.45. The zero-order valence-electron chi connectivity index (χ0n) is 5.28. The Balaban J connectivity index is 2.39. The fraction of sp³-hybridized carbons (Fsp3) is 0.429. The lowest BCUT2D eigenvalue weighted by Crippen LogP contribution is -2.09. The van der Waals surface area contributed by atoms with Gasteiger partial charge in [0.05, 0.1) is 5.69 Å². The molecule has 0 bridgehead atoms. The lowest BCUT2D eigenvalue weighted by atomic mass is 10.1. The van der Waals surface area contributed by atoms with Gasteiger partial charge in [0.2, 0.25) is 0 Å². The zero-order chi connectivity index (χ0) is 6.10. The largest absolute Gasteiger partial charge is 0.384 e. The van der Waals surface area contributed by atoms with Crippen LogP contribution < -0.4 is 5.32 Å². The van der Waals surface area contributed by atoms with E-state index in [0.29, 0.717) is 0 Å². The number of rotatable bonds is 0. The molecule has 1 aromatic heterocycles. The molecule has 0 fully saturated rings. The molecule has 0 unspecified atom stereocenters. The van der Waals surface area contributed by atoms with Crippen molar-refractivity contribution < 1.29 is 0 Å². The first kappa shape index (κ1) is 4.91. The van der Waals surface area contributed by atoms with E-state index in [4.69, 9.17) is 0 Å². The number of anilines is 1. The molecular weight excluding hydrogens is 112 g/mol. The first-order chi connectivity index (χ1) is 4.47. The summed E-state index contributed by atoms with van der Waals surface area (Å²) in [6, 6.07) is 2.09. The second kappa shape index (κ2) is 1.79. The second-order valence-electron chi connectivity index (χ2n) is 2.40. The average molecular weight is 122 g/mol. The molecule has 0 spiro atoms. The number of nitrogens with one attached hydrogen (secondary N) is 2. The van der Waals surface area contributed by atoms with Crippen molar-refractivity contribution in [1.82, 2.24) is 4.98 Å². The monoisotopic (exact) mass is 122 g/mol. The van der Waals surface area contributed by atoms with Crippen molar-refractivity contribution in [2.75, 3.05) is 11.9 Å². The first-order valence-electron chi connectivity index (χ1n) is 3.37. The molecular formula is C7H10N2. The molecule has 0 amide bonds. The minimum absolute atomic E-state index is 1.13. The maximum absolute atomic E-state index is 3.31. The Kier molecular flexibility index (Phi) is 0.979. The molecule has 0 radical (unpaired) electrons. The maximum Gasteiger partial charge on any atom is 0.0550 e. The van der Waals surface area contributed by atoms with E-state index in [0.717, 1.165) is 6.54 Å². The molecule has 0 saturated carbocycles. The molecule has 1 aliphatic rings. The van der Waals surface area contributed by atoms with E-state index < -0.39 is 0 Å². The Morgan fingerprint density at radius 2 is 2.44 bits per heavy atom. The van der Waals surface area contributed by atoms with Crippen LogP contribution in [0, 0.1) is 0 Å². The number of aryl methyl sites for hydroxylation is 1. The van der Waals surface area contributed by atoms with E-state index in [1.54, 1.807) is 0 Å². The molecule has 0 aliphatic carbocycles. The SMILES string of the molecule is c1cc2c([nH]1)CCCN2. The van der Waals surface area contributed by atoms with Gasteiger partial charge in [-0.15, -0.1) is 0 Å². The predicted molar refractivity (Wildman–Crippen MR) is 37.6 cm³/mol. The minimum Gasteiger partial charge on any atom is -0.384 e. The number of aromatic amines is 1. The van der Waals surface area contributed by atoms with Gasteiger partial charge in [0.1, 0.15) is 0 Å². The molecule has 0 atom stereocenters.